The second-order valence-corrected chi connectivity index (χ2v) is 4.16. The number of nitrogens with one attached hydrogen (secondary N) is 2. The van der Waals surface area contributed by atoms with Crippen molar-refractivity contribution in [3.05, 3.63) is 30.4 Å². The normalized spacial score (nSPS) is 10.0. The Hall–Kier alpha value is -3.03. The van der Waals surface area contributed by atoms with Crippen molar-refractivity contribution >= 4 is 18.0 Å². The summed E-state index contributed by atoms with van der Waals surface area (Å²) in [5.41, 5.74) is 2.70. The van der Waals surface area contributed by atoms with Crippen molar-refractivity contribution in [1.82, 2.24) is 10.7 Å². The molecule has 1 rings (SSSR count). The van der Waals surface area contributed by atoms with Crippen LogP contribution in [0.1, 0.15) is 5.56 Å². The number of hydrogen-bond acceptors (Lipinski definition) is 6. The molecule has 0 aliphatic carbocycles. The van der Waals surface area contributed by atoms with Crippen molar-refractivity contribution in [2.75, 3.05) is 27.9 Å². The van der Waals surface area contributed by atoms with Gasteiger partial charge in [-0.3, -0.25) is 9.59 Å². The number of ether oxygens (including phenoxy) is 3. The minimum Gasteiger partial charge on any atom is -0.493 e. The monoisotopic (exact) mass is 321 g/mol. The maximum Gasteiger partial charge on any atom is 0.329 e. The van der Waals surface area contributed by atoms with Gasteiger partial charge >= 0.3 is 11.8 Å². The molecule has 2 amide bonds. The van der Waals surface area contributed by atoms with Gasteiger partial charge in [-0.1, -0.05) is 6.08 Å². The van der Waals surface area contributed by atoms with Crippen molar-refractivity contribution in [1.29, 1.82) is 0 Å². The van der Waals surface area contributed by atoms with Crippen molar-refractivity contribution in [3.8, 4) is 17.2 Å². The van der Waals surface area contributed by atoms with Crippen LogP contribution in [0.5, 0.6) is 17.2 Å². The Labute approximate surface area is 134 Å². The van der Waals surface area contributed by atoms with E-state index in [0.717, 1.165) is 0 Å². The Balaban J connectivity index is 2.82. The van der Waals surface area contributed by atoms with E-state index in [9.17, 15) is 9.59 Å². The zero-order valence-corrected chi connectivity index (χ0v) is 13.2. The Morgan fingerprint density at radius 1 is 1.13 bits per heavy atom. The Morgan fingerprint density at radius 2 is 1.74 bits per heavy atom. The number of carbonyl (C=O) groups is 2. The molecule has 0 saturated heterocycles. The van der Waals surface area contributed by atoms with E-state index in [4.69, 9.17) is 14.2 Å². The number of hydrogen-bond donors (Lipinski definition) is 2. The average molecular weight is 321 g/mol. The van der Waals surface area contributed by atoms with Crippen LogP contribution in [0.15, 0.2) is 29.9 Å². The zero-order chi connectivity index (χ0) is 17.2. The summed E-state index contributed by atoms with van der Waals surface area (Å²) >= 11 is 0. The maximum atomic E-state index is 11.4. The van der Waals surface area contributed by atoms with Crippen molar-refractivity contribution < 1.29 is 23.8 Å². The van der Waals surface area contributed by atoms with Gasteiger partial charge in [0.25, 0.3) is 0 Å². The Bertz CT molecular complexity index is 588. The first-order valence-electron chi connectivity index (χ1n) is 6.59. The molecule has 0 heterocycles. The molecular weight excluding hydrogens is 302 g/mol. The molecule has 0 aromatic heterocycles. The third-order valence-electron chi connectivity index (χ3n) is 2.68. The van der Waals surface area contributed by atoms with Gasteiger partial charge in [-0.15, -0.1) is 6.58 Å². The van der Waals surface area contributed by atoms with Crippen molar-refractivity contribution in [2.24, 2.45) is 5.10 Å². The van der Waals surface area contributed by atoms with Crippen LogP contribution < -0.4 is 25.0 Å². The van der Waals surface area contributed by atoms with E-state index < -0.39 is 11.8 Å². The number of amides is 2. The predicted molar refractivity (Wildman–Crippen MR) is 85.0 cm³/mol. The minimum absolute atomic E-state index is 0.197. The van der Waals surface area contributed by atoms with Gasteiger partial charge in [0.15, 0.2) is 11.5 Å². The summed E-state index contributed by atoms with van der Waals surface area (Å²) in [4.78, 5) is 22.8. The molecule has 0 unspecified atom stereocenters. The largest absolute Gasteiger partial charge is 0.493 e. The highest BCUT2D eigenvalue weighted by Gasteiger charge is 2.13. The Morgan fingerprint density at radius 3 is 2.22 bits per heavy atom. The van der Waals surface area contributed by atoms with Crippen LogP contribution in [0.2, 0.25) is 0 Å². The van der Waals surface area contributed by atoms with E-state index in [1.807, 2.05) is 0 Å². The number of hydrazone groups is 1. The fourth-order valence-electron chi connectivity index (χ4n) is 1.64. The van der Waals surface area contributed by atoms with Crippen molar-refractivity contribution in [2.45, 2.75) is 0 Å². The molecule has 1 aromatic rings. The summed E-state index contributed by atoms with van der Waals surface area (Å²) in [7, 11) is 4.48. The average Bonchev–Trinajstić information content (AvgIpc) is 2.58. The molecule has 124 valence electrons. The van der Waals surface area contributed by atoms with Crippen LogP contribution in [-0.2, 0) is 9.59 Å². The quantitative estimate of drug-likeness (QED) is 0.329. The number of methoxy groups -OCH3 is 3. The highest BCUT2D eigenvalue weighted by Crippen LogP contribution is 2.37. The van der Waals surface area contributed by atoms with Gasteiger partial charge in [-0.2, -0.15) is 5.10 Å². The molecule has 0 aliphatic rings. The summed E-state index contributed by atoms with van der Waals surface area (Å²) in [6, 6.07) is 3.30. The van der Waals surface area contributed by atoms with Gasteiger partial charge < -0.3 is 19.5 Å². The molecule has 2 N–H and O–H groups in total. The zero-order valence-electron chi connectivity index (χ0n) is 13.2. The molecule has 8 nitrogen and oxygen atoms in total. The molecule has 1 aromatic carbocycles. The number of nitrogens with zero attached hydrogens (tertiary/aromatic N) is 1. The summed E-state index contributed by atoms with van der Waals surface area (Å²) < 4.78 is 15.6. The molecule has 23 heavy (non-hydrogen) atoms. The summed E-state index contributed by atoms with van der Waals surface area (Å²) in [6.45, 7) is 3.63. The second-order valence-electron chi connectivity index (χ2n) is 4.16. The molecular formula is C15H19N3O5. The SMILES string of the molecule is C=CCNC(=O)C(=O)NN=Cc1cc(OC)c(OC)c(OC)c1. The van der Waals surface area contributed by atoms with E-state index in [0.29, 0.717) is 22.8 Å². The highest BCUT2D eigenvalue weighted by atomic mass is 16.5. The van der Waals surface area contributed by atoms with Crippen LogP contribution in [0.4, 0.5) is 0 Å². The molecule has 0 bridgehead atoms. The van der Waals surface area contributed by atoms with Gasteiger partial charge in [0.1, 0.15) is 0 Å². The van der Waals surface area contributed by atoms with Gasteiger partial charge in [0, 0.05) is 12.1 Å². The predicted octanol–water partition coefficient (Wildman–Crippen LogP) is 0.465. The first-order chi connectivity index (χ1) is 11.1. The van der Waals surface area contributed by atoms with Crippen molar-refractivity contribution in [3.63, 3.8) is 0 Å². The standard InChI is InChI=1S/C15H19N3O5/c1-5-6-16-14(19)15(20)18-17-9-10-7-11(21-2)13(23-4)12(8-10)22-3/h5,7-9H,1,6H2,2-4H3,(H,16,19)(H,18,20). The summed E-state index contributed by atoms with van der Waals surface area (Å²) in [6.07, 6.45) is 2.81. The maximum absolute atomic E-state index is 11.4. The number of carbonyl (C=O) groups excluding carboxylic acids is 2. The fraction of sp³-hybridized carbons (Fsp3) is 0.267. The van der Waals surface area contributed by atoms with Gasteiger partial charge in [0.2, 0.25) is 5.75 Å². The fourth-order valence-corrected chi connectivity index (χ4v) is 1.64. The van der Waals surface area contributed by atoms with Crippen LogP contribution in [-0.4, -0.2) is 45.9 Å². The van der Waals surface area contributed by atoms with Gasteiger partial charge in [-0.25, -0.2) is 5.43 Å². The summed E-state index contributed by atoms with van der Waals surface area (Å²) in [5.74, 6) is -0.339. The summed E-state index contributed by atoms with van der Waals surface area (Å²) in [5, 5.41) is 6.05. The van der Waals surface area contributed by atoms with E-state index in [1.165, 1.54) is 33.6 Å². The second kappa shape index (κ2) is 9.08. The first-order valence-corrected chi connectivity index (χ1v) is 6.59. The number of rotatable bonds is 7. The van der Waals surface area contributed by atoms with E-state index in [2.05, 4.69) is 22.4 Å². The lowest BCUT2D eigenvalue weighted by atomic mass is 10.2. The third-order valence-corrected chi connectivity index (χ3v) is 2.68. The highest BCUT2D eigenvalue weighted by molar-refractivity contribution is 6.35. The van der Waals surface area contributed by atoms with Gasteiger partial charge in [0.05, 0.1) is 27.5 Å². The molecule has 0 fully saturated rings. The molecule has 0 atom stereocenters. The lowest BCUT2D eigenvalue weighted by molar-refractivity contribution is -0.139. The lowest BCUT2D eigenvalue weighted by Gasteiger charge is -2.12. The van der Waals surface area contributed by atoms with Crippen LogP contribution >= 0.6 is 0 Å². The number of benzene rings is 1. The van der Waals surface area contributed by atoms with Crippen LogP contribution in [0, 0.1) is 0 Å². The van der Waals surface area contributed by atoms with Crippen LogP contribution in [0.25, 0.3) is 0 Å². The lowest BCUT2D eigenvalue weighted by Crippen LogP contribution is -2.37. The minimum atomic E-state index is -0.879. The van der Waals surface area contributed by atoms with E-state index in [1.54, 1.807) is 12.1 Å². The molecule has 0 saturated carbocycles. The molecule has 0 spiro atoms. The van der Waals surface area contributed by atoms with Crippen LogP contribution in [0.3, 0.4) is 0 Å². The third kappa shape index (κ3) is 5.03. The molecule has 8 heteroatoms. The van der Waals surface area contributed by atoms with E-state index >= 15 is 0 Å². The smallest absolute Gasteiger partial charge is 0.329 e. The topological polar surface area (TPSA) is 98.3 Å². The molecule has 0 aliphatic heterocycles. The van der Waals surface area contributed by atoms with Gasteiger partial charge in [-0.05, 0) is 12.1 Å². The first kappa shape index (κ1) is 18.0. The molecule has 0 radical (unpaired) electrons. The Kier molecular flexibility index (Phi) is 7.12. The van der Waals surface area contributed by atoms with E-state index in [-0.39, 0.29) is 6.54 Å².